The van der Waals surface area contributed by atoms with Gasteiger partial charge in [-0.05, 0) is 49.4 Å². The van der Waals surface area contributed by atoms with Gasteiger partial charge in [0, 0.05) is 0 Å². The fraction of sp³-hybridized carbons (Fsp3) is 1.00. The van der Waals surface area contributed by atoms with Crippen molar-refractivity contribution in [2.75, 3.05) is 0 Å². The standard InChI is InChI=1S/C16H30O/c1-3-6-12(2)16(17)15-10-9-13-7-4-5-8-14(13)11-15/h12-17H,3-11H2,1-2H3. The average Bonchev–Trinajstić information content (AvgIpc) is 2.37. The van der Waals surface area contributed by atoms with Crippen LogP contribution in [-0.2, 0) is 0 Å². The first-order valence-corrected chi connectivity index (χ1v) is 7.90. The van der Waals surface area contributed by atoms with Crippen LogP contribution in [0.25, 0.3) is 0 Å². The Kier molecular flexibility index (Phi) is 4.90. The van der Waals surface area contributed by atoms with E-state index in [2.05, 4.69) is 13.8 Å². The van der Waals surface area contributed by atoms with Gasteiger partial charge in [0.15, 0.2) is 0 Å². The molecule has 100 valence electrons. The van der Waals surface area contributed by atoms with E-state index in [1.54, 1.807) is 0 Å². The molecule has 17 heavy (non-hydrogen) atoms. The van der Waals surface area contributed by atoms with Gasteiger partial charge in [0.05, 0.1) is 6.10 Å². The van der Waals surface area contributed by atoms with E-state index in [4.69, 9.17) is 0 Å². The lowest BCUT2D eigenvalue weighted by Gasteiger charge is -2.42. The van der Waals surface area contributed by atoms with E-state index in [1.165, 1.54) is 57.8 Å². The van der Waals surface area contributed by atoms with Crippen molar-refractivity contribution in [3.63, 3.8) is 0 Å². The Balaban J connectivity index is 1.86. The van der Waals surface area contributed by atoms with Crippen LogP contribution in [0.4, 0.5) is 0 Å². The predicted molar refractivity (Wildman–Crippen MR) is 72.9 cm³/mol. The second-order valence-electron chi connectivity index (χ2n) is 6.63. The van der Waals surface area contributed by atoms with Gasteiger partial charge in [0.2, 0.25) is 0 Å². The van der Waals surface area contributed by atoms with E-state index in [-0.39, 0.29) is 6.10 Å². The Morgan fingerprint density at radius 2 is 1.76 bits per heavy atom. The number of rotatable bonds is 4. The van der Waals surface area contributed by atoms with Crippen molar-refractivity contribution >= 4 is 0 Å². The molecule has 2 rings (SSSR count). The molecule has 2 aliphatic rings. The van der Waals surface area contributed by atoms with Gasteiger partial charge in [-0.25, -0.2) is 0 Å². The highest BCUT2D eigenvalue weighted by atomic mass is 16.3. The van der Waals surface area contributed by atoms with Crippen LogP contribution >= 0.6 is 0 Å². The number of fused-ring (bicyclic) bond motifs is 1. The molecule has 0 amide bonds. The summed E-state index contributed by atoms with van der Waals surface area (Å²) in [5.74, 6) is 3.07. The summed E-state index contributed by atoms with van der Waals surface area (Å²) in [4.78, 5) is 0. The number of hydrogen-bond donors (Lipinski definition) is 1. The third-order valence-electron chi connectivity index (χ3n) is 5.39. The quantitative estimate of drug-likeness (QED) is 0.770. The zero-order chi connectivity index (χ0) is 12.3. The summed E-state index contributed by atoms with van der Waals surface area (Å²) in [7, 11) is 0. The zero-order valence-corrected chi connectivity index (χ0v) is 11.7. The van der Waals surface area contributed by atoms with Gasteiger partial charge in [0.1, 0.15) is 0 Å². The van der Waals surface area contributed by atoms with Crippen LogP contribution in [-0.4, -0.2) is 11.2 Å². The summed E-state index contributed by atoms with van der Waals surface area (Å²) in [6.07, 6.45) is 12.2. The number of aliphatic hydroxyl groups is 1. The van der Waals surface area contributed by atoms with Gasteiger partial charge in [-0.2, -0.15) is 0 Å². The second-order valence-corrected chi connectivity index (χ2v) is 6.63. The largest absolute Gasteiger partial charge is 0.393 e. The van der Waals surface area contributed by atoms with E-state index in [0.717, 1.165) is 11.8 Å². The minimum Gasteiger partial charge on any atom is -0.393 e. The normalized spacial score (nSPS) is 37.2. The smallest absolute Gasteiger partial charge is 0.0594 e. The summed E-state index contributed by atoms with van der Waals surface area (Å²) in [5, 5.41) is 10.5. The predicted octanol–water partition coefficient (Wildman–Crippen LogP) is 4.39. The zero-order valence-electron chi connectivity index (χ0n) is 11.7. The first-order chi connectivity index (χ1) is 8.22. The molecule has 0 heterocycles. The van der Waals surface area contributed by atoms with E-state index >= 15 is 0 Å². The molecule has 0 aromatic heterocycles. The molecule has 0 aromatic carbocycles. The molecule has 1 nitrogen and oxygen atoms in total. The lowest BCUT2D eigenvalue weighted by Crippen LogP contribution is -2.36. The van der Waals surface area contributed by atoms with Crippen molar-refractivity contribution in [3.8, 4) is 0 Å². The molecule has 5 unspecified atom stereocenters. The van der Waals surface area contributed by atoms with Crippen molar-refractivity contribution in [1.82, 2.24) is 0 Å². The Bertz CT molecular complexity index is 226. The maximum absolute atomic E-state index is 10.5. The summed E-state index contributed by atoms with van der Waals surface area (Å²) >= 11 is 0. The molecule has 1 heteroatoms. The van der Waals surface area contributed by atoms with Crippen LogP contribution in [0.2, 0.25) is 0 Å². The monoisotopic (exact) mass is 238 g/mol. The Labute approximate surface area is 107 Å². The second kappa shape index (κ2) is 6.22. The highest BCUT2D eigenvalue weighted by Gasteiger charge is 2.36. The third kappa shape index (κ3) is 3.24. The van der Waals surface area contributed by atoms with E-state index < -0.39 is 0 Å². The molecule has 0 saturated heterocycles. The van der Waals surface area contributed by atoms with Gasteiger partial charge in [-0.3, -0.25) is 0 Å². The number of hydrogen-bond acceptors (Lipinski definition) is 1. The van der Waals surface area contributed by atoms with Crippen LogP contribution in [0.15, 0.2) is 0 Å². The van der Waals surface area contributed by atoms with Crippen LogP contribution in [0, 0.1) is 23.7 Å². The molecule has 5 atom stereocenters. The van der Waals surface area contributed by atoms with Crippen molar-refractivity contribution in [2.24, 2.45) is 23.7 Å². The summed E-state index contributed by atoms with van der Waals surface area (Å²) in [6, 6.07) is 0. The molecule has 2 saturated carbocycles. The maximum Gasteiger partial charge on any atom is 0.0594 e. The summed E-state index contributed by atoms with van der Waals surface area (Å²) < 4.78 is 0. The van der Waals surface area contributed by atoms with Crippen molar-refractivity contribution in [2.45, 2.75) is 77.7 Å². The molecular formula is C16H30O. The topological polar surface area (TPSA) is 20.2 Å². The van der Waals surface area contributed by atoms with Gasteiger partial charge >= 0.3 is 0 Å². The minimum absolute atomic E-state index is 0.0298. The molecule has 2 fully saturated rings. The molecule has 0 bridgehead atoms. The first-order valence-electron chi connectivity index (χ1n) is 7.90. The maximum atomic E-state index is 10.5. The molecule has 0 aliphatic heterocycles. The first kappa shape index (κ1) is 13.4. The molecule has 0 aromatic rings. The van der Waals surface area contributed by atoms with Gasteiger partial charge < -0.3 is 5.11 Å². The Morgan fingerprint density at radius 3 is 2.47 bits per heavy atom. The lowest BCUT2D eigenvalue weighted by atomic mass is 9.65. The van der Waals surface area contributed by atoms with Crippen LogP contribution in [0.5, 0.6) is 0 Å². The number of aliphatic hydroxyl groups excluding tert-OH is 1. The molecule has 2 aliphatic carbocycles. The molecular weight excluding hydrogens is 208 g/mol. The van der Waals surface area contributed by atoms with E-state index in [0.29, 0.717) is 11.8 Å². The lowest BCUT2D eigenvalue weighted by molar-refractivity contribution is 0.00328. The van der Waals surface area contributed by atoms with Gasteiger partial charge in [-0.15, -0.1) is 0 Å². The highest BCUT2D eigenvalue weighted by Crippen LogP contribution is 2.44. The summed E-state index contributed by atoms with van der Waals surface area (Å²) in [6.45, 7) is 4.46. The van der Waals surface area contributed by atoms with E-state index in [1.807, 2.05) is 0 Å². The Morgan fingerprint density at radius 1 is 1.06 bits per heavy atom. The molecule has 0 radical (unpaired) electrons. The SMILES string of the molecule is CCCC(C)C(O)C1CCC2CCCCC2C1. The summed E-state index contributed by atoms with van der Waals surface area (Å²) in [5.41, 5.74) is 0. The molecule has 0 spiro atoms. The van der Waals surface area contributed by atoms with Crippen LogP contribution < -0.4 is 0 Å². The average molecular weight is 238 g/mol. The highest BCUT2D eigenvalue weighted by molar-refractivity contribution is 4.87. The van der Waals surface area contributed by atoms with Gasteiger partial charge in [-0.1, -0.05) is 46.0 Å². The third-order valence-corrected chi connectivity index (χ3v) is 5.39. The van der Waals surface area contributed by atoms with Crippen LogP contribution in [0.1, 0.15) is 71.6 Å². The van der Waals surface area contributed by atoms with E-state index in [9.17, 15) is 5.11 Å². The van der Waals surface area contributed by atoms with Crippen molar-refractivity contribution in [1.29, 1.82) is 0 Å². The van der Waals surface area contributed by atoms with Crippen molar-refractivity contribution in [3.05, 3.63) is 0 Å². The van der Waals surface area contributed by atoms with Crippen LogP contribution in [0.3, 0.4) is 0 Å². The Hall–Kier alpha value is -0.0400. The van der Waals surface area contributed by atoms with Crippen molar-refractivity contribution < 1.29 is 5.11 Å². The minimum atomic E-state index is -0.0298. The van der Waals surface area contributed by atoms with Gasteiger partial charge in [0.25, 0.3) is 0 Å². The molecule has 1 N–H and O–H groups in total. The fourth-order valence-electron chi connectivity index (χ4n) is 4.31. The fourth-order valence-corrected chi connectivity index (χ4v) is 4.31.